The zero-order valence-corrected chi connectivity index (χ0v) is 22.0. The molecule has 8 nitrogen and oxygen atoms in total. The Morgan fingerprint density at radius 3 is 2.31 bits per heavy atom. The first-order valence-electron chi connectivity index (χ1n) is 11.2. The molecule has 188 valence electrons. The monoisotopic (exact) mass is 537 g/mol. The van der Waals surface area contributed by atoms with Gasteiger partial charge in [-0.2, -0.15) is 4.31 Å². The third kappa shape index (κ3) is 5.95. The summed E-state index contributed by atoms with van der Waals surface area (Å²) >= 11 is 5.94. The van der Waals surface area contributed by atoms with Crippen LogP contribution in [0.2, 0.25) is 5.02 Å². The first kappa shape index (κ1) is 25.8. The number of aromatic nitrogens is 2. The summed E-state index contributed by atoms with van der Waals surface area (Å²) < 4.78 is 61.6. The zero-order valence-electron chi connectivity index (χ0n) is 19.6. The molecule has 2 aromatic carbocycles. The molecule has 11 heteroatoms. The quantitative estimate of drug-likeness (QED) is 0.369. The van der Waals surface area contributed by atoms with Crippen LogP contribution in [0.15, 0.2) is 64.8 Å². The van der Waals surface area contributed by atoms with E-state index < -0.39 is 19.9 Å². The Morgan fingerprint density at radius 1 is 1.06 bits per heavy atom. The Kier molecular flexibility index (Phi) is 7.68. The molecule has 1 heterocycles. The molecule has 1 fully saturated rings. The molecule has 3 aromatic rings. The summed E-state index contributed by atoms with van der Waals surface area (Å²) in [6.07, 6.45) is 2.94. The Hall–Kier alpha value is -2.24. The second-order valence-corrected chi connectivity index (χ2v) is 12.9. The minimum absolute atomic E-state index is 0.00634. The Bertz CT molecular complexity index is 1380. The summed E-state index contributed by atoms with van der Waals surface area (Å²) in [5.41, 5.74) is 2.19. The molecule has 0 saturated heterocycles. The fourth-order valence-electron chi connectivity index (χ4n) is 3.83. The number of aryl methyl sites for hydroxylation is 1. The third-order valence-corrected chi connectivity index (χ3v) is 9.63. The average molecular weight is 538 g/mol. The number of methoxy groups -OCH3 is 1. The molecule has 35 heavy (non-hydrogen) atoms. The van der Waals surface area contributed by atoms with Crippen molar-refractivity contribution in [2.75, 3.05) is 13.7 Å². The van der Waals surface area contributed by atoms with Crippen LogP contribution in [-0.2, 0) is 43.4 Å². The van der Waals surface area contributed by atoms with Gasteiger partial charge in [0.05, 0.1) is 35.7 Å². The molecule has 0 atom stereocenters. The van der Waals surface area contributed by atoms with Crippen LogP contribution < -0.4 is 0 Å². The topological polar surface area (TPSA) is 98.6 Å². The van der Waals surface area contributed by atoms with Crippen LogP contribution in [0.25, 0.3) is 0 Å². The van der Waals surface area contributed by atoms with Crippen molar-refractivity contribution in [2.24, 2.45) is 0 Å². The normalized spacial score (nSPS) is 14.5. The fourth-order valence-corrected chi connectivity index (χ4v) is 7.13. The lowest BCUT2D eigenvalue weighted by atomic mass is 10.2. The summed E-state index contributed by atoms with van der Waals surface area (Å²) in [6.45, 7) is 2.43. The van der Waals surface area contributed by atoms with E-state index in [9.17, 15) is 16.8 Å². The Balaban J connectivity index is 1.67. The van der Waals surface area contributed by atoms with E-state index in [-0.39, 0.29) is 41.5 Å². The zero-order chi connectivity index (χ0) is 25.2. The maximum absolute atomic E-state index is 13.4. The number of halogens is 1. The number of hydrogen-bond donors (Lipinski definition) is 0. The molecular formula is C24H28ClN3O5S2. The molecular weight excluding hydrogens is 510 g/mol. The molecule has 0 radical (unpaired) electrons. The smallest absolute Gasteiger partial charge is 0.243 e. The first-order chi connectivity index (χ1) is 16.6. The van der Waals surface area contributed by atoms with Crippen molar-refractivity contribution in [3.63, 3.8) is 0 Å². The molecule has 0 unspecified atom stereocenters. The van der Waals surface area contributed by atoms with E-state index in [4.69, 9.17) is 16.3 Å². The second kappa shape index (κ2) is 10.4. The summed E-state index contributed by atoms with van der Waals surface area (Å²) in [7, 11) is -6.08. The van der Waals surface area contributed by atoms with Crippen molar-refractivity contribution in [3.05, 3.63) is 76.6 Å². The molecule has 0 N–H and O–H groups in total. The summed E-state index contributed by atoms with van der Waals surface area (Å²) in [5.74, 6) is -0.202. The molecule has 1 saturated carbocycles. The minimum atomic E-state index is -3.82. The molecule has 0 aliphatic heterocycles. The fraction of sp³-hybridized carbons (Fsp3) is 0.375. The number of benzene rings is 2. The number of rotatable bonds is 11. The van der Waals surface area contributed by atoms with Crippen LogP contribution in [0.5, 0.6) is 0 Å². The van der Waals surface area contributed by atoms with Gasteiger partial charge in [0.25, 0.3) is 0 Å². The van der Waals surface area contributed by atoms with Gasteiger partial charge in [0.15, 0.2) is 0 Å². The van der Waals surface area contributed by atoms with E-state index in [0.717, 1.165) is 18.4 Å². The predicted molar refractivity (Wildman–Crippen MR) is 133 cm³/mol. The highest BCUT2D eigenvalue weighted by atomic mass is 35.5. The lowest BCUT2D eigenvalue weighted by Gasteiger charge is -2.23. The van der Waals surface area contributed by atoms with Crippen molar-refractivity contribution in [1.29, 1.82) is 0 Å². The highest BCUT2D eigenvalue weighted by molar-refractivity contribution is 7.90. The summed E-state index contributed by atoms with van der Waals surface area (Å²) in [6, 6.07) is 13.2. The van der Waals surface area contributed by atoms with E-state index in [1.807, 2.05) is 19.1 Å². The first-order valence-corrected chi connectivity index (χ1v) is 14.7. The number of hydrogen-bond acceptors (Lipinski definition) is 6. The van der Waals surface area contributed by atoms with Gasteiger partial charge in [0, 0.05) is 24.7 Å². The van der Waals surface area contributed by atoms with Crippen molar-refractivity contribution in [1.82, 2.24) is 13.9 Å². The van der Waals surface area contributed by atoms with E-state index in [1.54, 1.807) is 16.7 Å². The highest BCUT2D eigenvalue weighted by Gasteiger charge is 2.39. The van der Waals surface area contributed by atoms with E-state index >= 15 is 0 Å². The van der Waals surface area contributed by atoms with Crippen LogP contribution in [0.1, 0.15) is 29.7 Å². The van der Waals surface area contributed by atoms with Crippen LogP contribution in [-0.4, -0.2) is 50.5 Å². The van der Waals surface area contributed by atoms with Crippen molar-refractivity contribution >= 4 is 31.5 Å². The summed E-state index contributed by atoms with van der Waals surface area (Å²) in [4.78, 5) is 4.38. The molecule has 0 spiro atoms. The number of ether oxygens (including phenoxy) is 1. The summed E-state index contributed by atoms with van der Waals surface area (Å²) in [5, 5.41) is 0.354. The SMILES string of the molecule is COCCn1c(CN(C2CC2)S(=O)(=O)c2ccc(Cl)cc2)cnc1S(=O)(=O)Cc1ccc(C)cc1. The van der Waals surface area contributed by atoms with Crippen LogP contribution in [0, 0.1) is 6.92 Å². The van der Waals surface area contributed by atoms with Crippen LogP contribution in [0.3, 0.4) is 0 Å². The Labute approximate surface area is 211 Å². The van der Waals surface area contributed by atoms with Gasteiger partial charge in [-0.15, -0.1) is 0 Å². The van der Waals surface area contributed by atoms with Gasteiger partial charge in [-0.05, 0) is 49.6 Å². The number of sulfonamides is 1. The predicted octanol–water partition coefficient (Wildman–Crippen LogP) is 3.82. The van der Waals surface area contributed by atoms with Gasteiger partial charge in [-0.3, -0.25) is 0 Å². The van der Waals surface area contributed by atoms with Gasteiger partial charge < -0.3 is 9.30 Å². The van der Waals surface area contributed by atoms with Crippen molar-refractivity contribution < 1.29 is 21.6 Å². The third-order valence-electron chi connectivity index (χ3n) is 5.87. The van der Waals surface area contributed by atoms with Crippen LogP contribution in [0.4, 0.5) is 0 Å². The maximum Gasteiger partial charge on any atom is 0.243 e. The highest BCUT2D eigenvalue weighted by Crippen LogP contribution is 2.34. The number of sulfone groups is 1. The molecule has 1 aromatic heterocycles. The van der Waals surface area contributed by atoms with Crippen molar-refractivity contribution in [3.8, 4) is 0 Å². The van der Waals surface area contributed by atoms with Gasteiger partial charge in [0.2, 0.25) is 25.0 Å². The minimum Gasteiger partial charge on any atom is -0.383 e. The maximum atomic E-state index is 13.4. The van der Waals surface area contributed by atoms with Gasteiger partial charge >= 0.3 is 0 Å². The molecule has 1 aliphatic rings. The lowest BCUT2D eigenvalue weighted by Crippen LogP contribution is -2.33. The average Bonchev–Trinajstić information content (AvgIpc) is 3.57. The second-order valence-electron chi connectivity index (χ2n) is 8.66. The van der Waals surface area contributed by atoms with Gasteiger partial charge in [0.1, 0.15) is 0 Å². The molecule has 4 rings (SSSR count). The van der Waals surface area contributed by atoms with Crippen molar-refractivity contribution in [2.45, 2.75) is 54.7 Å². The Morgan fingerprint density at radius 2 is 1.71 bits per heavy atom. The van der Waals surface area contributed by atoms with Gasteiger partial charge in [-0.1, -0.05) is 41.4 Å². The molecule has 0 bridgehead atoms. The lowest BCUT2D eigenvalue weighted by molar-refractivity contribution is 0.182. The molecule has 1 aliphatic carbocycles. The number of imidazole rings is 1. The van der Waals surface area contributed by atoms with E-state index in [0.29, 0.717) is 16.3 Å². The molecule has 0 amide bonds. The van der Waals surface area contributed by atoms with E-state index in [2.05, 4.69) is 4.98 Å². The van der Waals surface area contributed by atoms with E-state index in [1.165, 1.54) is 41.9 Å². The number of nitrogens with zero attached hydrogens (tertiary/aromatic N) is 3. The van der Waals surface area contributed by atoms with Gasteiger partial charge in [-0.25, -0.2) is 21.8 Å². The van der Waals surface area contributed by atoms with Crippen LogP contribution >= 0.6 is 11.6 Å². The standard InChI is InChI=1S/C24H28ClN3O5S2/c1-18-3-5-19(6-4-18)17-34(29,30)24-26-15-22(27(24)13-14-33-2)16-28(21-9-10-21)35(31,32)23-11-7-20(25)8-12-23/h3-8,11-12,15,21H,9-10,13-14,16-17H2,1-2H3. The largest absolute Gasteiger partial charge is 0.383 e.